The zero-order chi connectivity index (χ0) is 8.97. The van der Waals surface area contributed by atoms with Gasteiger partial charge in [-0.1, -0.05) is 19.0 Å². The first kappa shape index (κ1) is 9.65. The van der Waals surface area contributed by atoms with E-state index >= 15 is 0 Å². The van der Waals surface area contributed by atoms with Crippen LogP contribution in [0.5, 0.6) is 0 Å². The van der Waals surface area contributed by atoms with Crippen LogP contribution in [0, 0.1) is 5.92 Å². The highest BCUT2D eigenvalue weighted by atomic mass is 35.5. The minimum absolute atomic E-state index is 0.0302. The Labute approximate surface area is 78.1 Å². The first-order valence-corrected chi connectivity index (χ1v) is 4.78. The van der Waals surface area contributed by atoms with Crippen LogP contribution in [0.2, 0.25) is 0 Å². The molecule has 1 N–H and O–H groups in total. The van der Waals surface area contributed by atoms with E-state index in [1.165, 1.54) is 0 Å². The summed E-state index contributed by atoms with van der Waals surface area (Å²) in [5.41, 5.74) is 0. The Kier molecular flexibility index (Phi) is 3.66. The Morgan fingerprint density at radius 2 is 2.50 bits per heavy atom. The molecule has 0 saturated carbocycles. The van der Waals surface area contributed by atoms with Gasteiger partial charge in [-0.3, -0.25) is 0 Å². The SMILES string of the molecule is CC(C)CC1=NOC(CCl)CN1. The largest absolute Gasteiger partial charge is 0.388 e. The van der Waals surface area contributed by atoms with Crippen molar-refractivity contribution >= 4 is 17.4 Å². The fourth-order valence-corrected chi connectivity index (χ4v) is 1.18. The molecule has 3 nitrogen and oxygen atoms in total. The number of hydrogen-bond donors (Lipinski definition) is 1. The summed E-state index contributed by atoms with van der Waals surface area (Å²) >= 11 is 5.60. The van der Waals surface area contributed by atoms with Gasteiger partial charge < -0.3 is 10.2 Å². The van der Waals surface area contributed by atoms with Gasteiger partial charge in [0.05, 0.1) is 12.4 Å². The lowest BCUT2D eigenvalue weighted by atomic mass is 10.1. The summed E-state index contributed by atoms with van der Waals surface area (Å²) in [6.45, 7) is 5.07. The molecule has 1 heterocycles. The summed E-state index contributed by atoms with van der Waals surface area (Å²) in [4.78, 5) is 5.13. The van der Waals surface area contributed by atoms with Gasteiger partial charge in [-0.15, -0.1) is 11.6 Å². The van der Waals surface area contributed by atoms with Crippen LogP contribution in [0.3, 0.4) is 0 Å². The van der Waals surface area contributed by atoms with E-state index < -0.39 is 0 Å². The van der Waals surface area contributed by atoms with Crippen LogP contribution in [0.4, 0.5) is 0 Å². The van der Waals surface area contributed by atoms with Gasteiger partial charge in [0.15, 0.2) is 6.10 Å². The molecule has 0 amide bonds. The van der Waals surface area contributed by atoms with Crippen molar-refractivity contribution in [3.63, 3.8) is 0 Å². The van der Waals surface area contributed by atoms with E-state index in [0.717, 1.165) is 18.8 Å². The van der Waals surface area contributed by atoms with Gasteiger partial charge in [0.1, 0.15) is 5.84 Å². The predicted molar refractivity (Wildman–Crippen MR) is 50.5 cm³/mol. The molecule has 1 rings (SSSR count). The Balaban J connectivity index is 2.34. The zero-order valence-corrected chi connectivity index (χ0v) is 8.27. The molecule has 0 fully saturated rings. The number of nitrogens with one attached hydrogen (secondary N) is 1. The summed E-state index contributed by atoms with van der Waals surface area (Å²) in [6.07, 6.45) is 0.970. The van der Waals surface area contributed by atoms with Crippen LogP contribution < -0.4 is 5.32 Å². The van der Waals surface area contributed by atoms with Crippen molar-refractivity contribution in [1.82, 2.24) is 5.32 Å². The van der Waals surface area contributed by atoms with Crippen molar-refractivity contribution in [2.75, 3.05) is 12.4 Å². The zero-order valence-electron chi connectivity index (χ0n) is 7.51. The molecular weight excluding hydrogens is 176 g/mol. The third-order valence-corrected chi connectivity index (χ3v) is 1.96. The van der Waals surface area contributed by atoms with Gasteiger partial charge in [0.2, 0.25) is 0 Å². The molecule has 1 unspecified atom stereocenters. The molecule has 4 heteroatoms. The molecule has 1 aliphatic rings. The number of halogens is 1. The Morgan fingerprint density at radius 3 is 2.92 bits per heavy atom. The maximum atomic E-state index is 5.60. The standard InChI is InChI=1S/C8H15ClN2O/c1-6(2)3-8-10-5-7(4-9)12-11-8/h6-7H,3-5H2,1-2H3,(H,10,11). The normalized spacial score (nSPS) is 23.0. The molecule has 0 aliphatic carbocycles. The first-order valence-electron chi connectivity index (χ1n) is 4.25. The lowest BCUT2D eigenvalue weighted by molar-refractivity contribution is 0.0644. The third-order valence-electron chi connectivity index (χ3n) is 1.62. The number of alkyl halides is 1. The fraction of sp³-hybridized carbons (Fsp3) is 0.875. The molecule has 70 valence electrons. The van der Waals surface area contributed by atoms with Crippen molar-refractivity contribution in [2.24, 2.45) is 11.1 Å². The Bertz CT molecular complexity index is 170. The van der Waals surface area contributed by atoms with Crippen molar-refractivity contribution in [3.8, 4) is 0 Å². The second-order valence-corrected chi connectivity index (χ2v) is 3.71. The van der Waals surface area contributed by atoms with Crippen molar-refractivity contribution in [1.29, 1.82) is 0 Å². The topological polar surface area (TPSA) is 33.6 Å². The van der Waals surface area contributed by atoms with Crippen LogP contribution in [-0.2, 0) is 4.84 Å². The monoisotopic (exact) mass is 190 g/mol. The van der Waals surface area contributed by atoms with Crippen LogP contribution in [-0.4, -0.2) is 24.4 Å². The molecular formula is C8H15ClN2O. The van der Waals surface area contributed by atoms with Gasteiger partial charge in [0.25, 0.3) is 0 Å². The van der Waals surface area contributed by atoms with Gasteiger partial charge in [-0.2, -0.15) is 0 Å². The second kappa shape index (κ2) is 4.55. The number of rotatable bonds is 3. The van der Waals surface area contributed by atoms with E-state index in [1.54, 1.807) is 0 Å². The van der Waals surface area contributed by atoms with Crippen molar-refractivity contribution < 1.29 is 4.84 Å². The van der Waals surface area contributed by atoms with Crippen LogP contribution in [0.15, 0.2) is 5.16 Å². The average Bonchev–Trinajstić information content (AvgIpc) is 2.05. The third kappa shape index (κ3) is 2.89. The van der Waals surface area contributed by atoms with E-state index in [9.17, 15) is 0 Å². The van der Waals surface area contributed by atoms with E-state index in [4.69, 9.17) is 16.4 Å². The summed E-state index contributed by atoms with van der Waals surface area (Å²) in [5.74, 6) is 2.03. The first-order chi connectivity index (χ1) is 5.72. The minimum atomic E-state index is 0.0302. The van der Waals surface area contributed by atoms with Gasteiger partial charge in [0, 0.05) is 6.42 Å². The van der Waals surface area contributed by atoms with Crippen molar-refractivity contribution in [3.05, 3.63) is 0 Å². The Morgan fingerprint density at radius 1 is 1.75 bits per heavy atom. The van der Waals surface area contributed by atoms with Crippen LogP contribution in [0.25, 0.3) is 0 Å². The fourth-order valence-electron chi connectivity index (χ4n) is 1.02. The number of hydrogen-bond acceptors (Lipinski definition) is 3. The minimum Gasteiger partial charge on any atom is -0.388 e. The number of oxime groups is 1. The van der Waals surface area contributed by atoms with E-state index in [-0.39, 0.29) is 6.10 Å². The molecule has 0 aromatic carbocycles. The number of nitrogens with zero attached hydrogens (tertiary/aromatic N) is 1. The molecule has 0 aromatic rings. The molecule has 1 atom stereocenters. The molecule has 0 saturated heterocycles. The van der Waals surface area contributed by atoms with Crippen LogP contribution >= 0.6 is 11.6 Å². The maximum Gasteiger partial charge on any atom is 0.158 e. The summed E-state index contributed by atoms with van der Waals surface area (Å²) < 4.78 is 0. The molecule has 1 aliphatic heterocycles. The predicted octanol–water partition coefficient (Wildman–Crippen LogP) is 1.57. The lowest BCUT2D eigenvalue weighted by Crippen LogP contribution is -2.39. The van der Waals surface area contributed by atoms with Gasteiger partial charge in [-0.25, -0.2) is 0 Å². The highest BCUT2D eigenvalue weighted by Crippen LogP contribution is 2.06. The smallest absolute Gasteiger partial charge is 0.158 e. The molecule has 0 aromatic heterocycles. The highest BCUT2D eigenvalue weighted by Gasteiger charge is 2.15. The van der Waals surface area contributed by atoms with Crippen molar-refractivity contribution in [2.45, 2.75) is 26.4 Å². The van der Waals surface area contributed by atoms with E-state index in [0.29, 0.717) is 11.8 Å². The number of amidine groups is 1. The molecule has 0 spiro atoms. The summed E-state index contributed by atoms with van der Waals surface area (Å²) in [7, 11) is 0. The summed E-state index contributed by atoms with van der Waals surface area (Å²) in [5, 5.41) is 7.13. The van der Waals surface area contributed by atoms with Crippen LogP contribution in [0.1, 0.15) is 20.3 Å². The molecule has 0 bridgehead atoms. The molecule has 12 heavy (non-hydrogen) atoms. The second-order valence-electron chi connectivity index (χ2n) is 3.40. The average molecular weight is 191 g/mol. The Hall–Kier alpha value is -0.440. The summed E-state index contributed by atoms with van der Waals surface area (Å²) in [6, 6.07) is 0. The van der Waals surface area contributed by atoms with E-state index in [2.05, 4.69) is 24.3 Å². The molecule has 0 radical (unpaired) electrons. The highest BCUT2D eigenvalue weighted by molar-refractivity contribution is 6.18. The van der Waals surface area contributed by atoms with Gasteiger partial charge >= 0.3 is 0 Å². The lowest BCUT2D eigenvalue weighted by Gasteiger charge is -2.21. The maximum absolute atomic E-state index is 5.60. The van der Waals surface area contributed by atoms with Gasteiger partial charge in [-0.05, 0) is 5.92 Å². The quantitative estimate of drug-likeness (QED) is 0.686. The van der Waals surface area contributed by atoms with E-state index in [1.807, 2.05) is 0 Å².